The molecule has 0 spiro atoms. The average molecular weight is 290 g/mol. The fraction of sp³-hybridized carbons (Fsp3) is 0.133. The van der Waals surface area contributed by atoms with E-state index in [0.29, 0.717) is 16.4 Å². The number of carbonyl (C=O) groups excluding carboxylic acids is 1. The number of amides is 1. The predicted octanol–water partition coefficient (Wildman–Crippen LogP) is 3.00. The van der Waals surface area contributed by atoms with Crippen LogP contribution in [0.15, 0.2) is 48.5 Å². The van der Waals surface area contributed by atoms with E-state index in [0.717, 1.165) is 5.69 Å². The quantitative estimate of drug-likeness (QED) is 0.851. The van der Waals surface area contributed by atoms with Gasteiger partial charge in [-0.05, 0) is 30.3 Å². The summed E-state index contributed by atoms with van der Waals surface area (Å²) in [7, 11) is 1.86. The summed E-state index contributed by atoms with van der Waals surface area (Å²) in [6.07, 6.45) is 0. The number of hydrogen-bond donors (Lipinski definition) is 2. The first-order chi connectivity index (χ1) is 9.56. The molecule has 0 unspecified atom stereocenters. The first-order valence-electron chi connectivity index (χ1n) is 6.17. The lowest BCUT2D eigenvalue weighted by Crippen LogP contribution is -2.30. The second kappa shape index (κ2) is 6.30. The molecule has 2 aromatic rings. The van der Waals surface area contributed by atoms with Gasteiger partial charge in [0.05, 0.1) is 17.9 Å². The molecule has 0 aromatic heterocycles. The Balaban J connectivity index is 1.99. The molecule has 0 fully saturated rings. The number of halogens is 1. The van der Waals surface area contributed by atoms with Crippen molar-refractivity contribution in [1.29, 1.82) is 0 Å². The molecule has 3 N–H and O–H groups in total. The summed E-state index contributed by atoms with van der Waals surface area (Å²) in [4.78, 5) is 13.9. The average Bonchev–Trinajstić information content (AvgIpc) is 2.43. The molecule has 2 rings (SSSR count). The van der Waals surface area contributed by atoms with Crippen LogP contribution in [0.5, 0.6) is 0 Å². The van der Waals surface area contributed by atoms with E-state index in [4.69, 9.17) is 17.3 Å². The third-order valence-corrected chi connectivity index (χ3v) is 3.10. The van der Waals surface area contributed by atoms with Crippen LogP contribution in [0.4, 0.5) is 17.1 Å². The Hall–Kier alpha value is -2.20. The molecule has 0 saturated heterocycles. The third kappa shape index (κ3) is 3.65. The lowest BCUT2D eigenvalue weighted by atomic mass is 10.2. The maximum atomic E-state index is 12.0. The predicted molar refractivity (Wildman–Crippen MR) is 84.2 cm³/mol. The molecule has 0 aliphatic rings. The molecular formula is C15H16ClN3O. The number of hydrogen-bond acceptors (Lipinski definition) is 3. The molecule has 104 valence electrons. The lowest BCUT2D eigenvalue weighted by Gasteiger charge is -2.19. The summed E-state index contributed by atoms with van der Waals surface area (Å²) in [5.41, 5.74) is 7.80. The second-order valence-electron chi connectivity index (χ2n) is 4.47. The van der Waals surface area contributed by atoms with Crippen molar-refractivity contribution in [2.24, 2.45) is 0 Å². The second-order valence-corrected chi connectivity index (χ2v) is 4.91. The summed E-state index contributed by atoms with van der Waals surface area (Å²) in [6, 6.07) is 14.7. The van der Waals surface area contributed by atoms with E-state index >= 15 is 0 Å². The van der Waals surface area contributed by atoms with Gasteiger partial charge >= 0.3 is 0 Å². The highest BCUT2D eigenvalue weighted by Crippen LogP contribution is 2.22. The van der Waals surface area contributed by atoms with Crippen molar-refractivity contribution >= 4 is 34.6 Å². The molecule has 1 amide bonds. The smallest absolute Gasteiger partial charge is 0.243 e. The highest BCUT2D eigenvalue weighted by molar-refractivity contribution is 6.31. The van der Waals surface area contributed by atoms with Crippen LogP contribution < -0.4 is 16.0 Å². The minimum absolute atomic E-state index is 0.134. The van der Waals surface area contributed by atoms with Crippen molar-refractivity contribution in [2.45, 2.75) is 0 Å². The number of nitrogens with one attached hydrogen (secondary N) is 1. The molecule has 0 radical (unpaired) electrons. The zero-order valence-electron chi connectivity index (χ0n) is 11.1. The molecule has 0 saturated carbocycles. The summed E-state index contributed by atoms with van der Waals surface area (Å²) in [5, 5.41) is 3.32. The van der Waals surface area contributed by atoms with Gasteiger partial charge in [-0.15, -0.1) is 0 Å². The lowest BCUT2D eigenvalue weighted by molar-refractivity contribution is -0.114. The van der Waals surface area contributed by atoms with Crippen LogP contribution in [-0.4, -0.2) is 19.5 Å². The Morgan fingerprint density at radius 3 is 2.60 bits per heavy atom. The van der Waals surface area contributed by atoms with Crippen LogP contribution in [0.25, 0.3) is 0 Å². The fourth-order valence-electron chi connectivity index (χ4n) is 1.83. The summed E-state index contributed by atoms with van der Waals surface area (Å²) in [6.45, 7) is 0.242. The molecule has 0 atom stereocenters. The topological polar surface area (TPSA) is 58.4 Å². The van der Waals surface area contributed by atoms with Crippen LogP contribution in [0.3, 0.4) is 0 Å². The Bertz CT molecular complexity index is 601. The Morgan fingerprint density at radius 2 is 1.95 bits per heavy atom. The van der Waals surface area contributed by atoms with E-state index in [1.807, 2.05) is 42.3 Å². The number of benzene rings is 2. The van der Waals surface area contributed by atoms with Crippen LogP contribution in [0.2, 0.25) is 5.02 Å². The summed E-state index contributed by atoms with van der Waals surface area (Å²) < 4.78 is 0. The van der Waals surface area contributed by atoms with Crippen molar-refractivity contribution in [3.63, 3.8) is 0 Å². The SMILES string of the molecule is CN(CC(=O)Nc1ccc(Cl)cc1N)c1ccccc1. The van der Waals surface area contributed by atoms with Crippen LogP contribution in [0, 0.1) is 0 Å². The Morgan fingerprint density at radius 1 is 1.25 bits per heavy atom. The fourth-order valence-corrected chi connectivity index (χ4v) is 2.01. The zero-order valence-corrected chi connectivity index (χ0v) is 11.9. The molecule has 4 nitrogen and oxygen atoms in total. The van der Waals surface area contributed by atoms with Crippen LogP contribution in [-0.2, 0) is 4.79 Å². The molecule has 0 bridgehead atoms. The minimum atomic E-state index is -0.134. The Kier molecular flexibility index (Phi) is 4.48. The number of nitrogens with zero attached hydrogens (tertiary/aromatic N) is 1. The van der Waals surface area contributed by atoms with E-state index in [1.165, 1.54) is 0 Å². The van der Waals surface area contributed by atoms with Crippen molar-refractivity contribution in [3.05, 3.63) is 53.6 Å². The van der Waals surface area contributed by atoms with Gasteiger partial charge < -0.3 is 16.0 Å². The molecule has 0 aliphatic heterocycles. The van der Waals surface area contributed by atoms with E-state index < -0.39 is 0 Å². The monoisotopic (exact) mass is 289 g/mol. The van der Waals surface area contributed by atoms with Gasteiger partial charge in [-0.25, -0.2) is 0 Å². The molecule has 20 heavy (non-hydrogen) atoms. The molecule has 0 aliphatic carbocycles. The van der Waals surface area contributed by atoms with E-state index in [1.54, 1.807) is 18.2 Å². The highest BCUT2D eigenvalue weighted by atomic mass is 35.5. The number of anilines is 3. The molecule has 2 aromatic carbocycles. The minimum Gasteiger partial charge on any atom is -0.397 e. The highest BCUT2D eigenvalue weighted by Gasteiger charge is 2.09. The molecule has 0 heterocycles. The van der Waals surface area contributed by atoms with E-state index in [-0.39, 0.29) is 12.5 Å². The third-order valence-electron chi connectivity index (χ3n) is 2.87. The zero-order chi connectivity index (χ0) is 14.5. The maximum absolute atomic E-state index is 12.0. The molecular weight excluding hydrogens is 274 g/mol. The van der Waals surface area contributed by atoms with Gasteiger partial charge in [0, 0.05) is 17.8 Å². The normalized spacial score (nSPS) is 10.1. The summed E-state index contributed by atoms with van der Waals surface area (Å²) in [5.74, 6) is -0.134. The standard InChI is InChI=1S/C15H16ClN3O/c1-19(12-5-3-2-4-6-12)10-15(20)18-14-8-7-11(16)9-13(14)17/h2-9H,10,17H2,1H3,(H,18,20). The number of carbonyl (C=O) groups is 1. The van der Waals surface area contributed by atoms with Gasteiger partial charge in [0.25, 0.3) is 0 Å². The first kappa shape index (κ1) is 14.2. The van der Waals surface area contributed by atoms with E-state index in [2.05, 4.69) is 5.32 Å². The van der Waals surface area contributed by atoms with Crippen LogP contribution in [0.1, 0.15) is 0 Å². The van der Waals surface area contributed by atoms with Gasteiger partial charge in [0.1, 0.15) is 0 Å². The van der Waals surface area contributed by atoms with Gasteiger partial charge in [-0.1, -0.05) is 29.8 Å². The van der Waals surface area contributed by atoms with Crippen molar-refractivity contribution in [2.75, 3.05) is 29.5 Å². The van der Waals surface area contributed by atoms with Gasteiger partial charge in [0.2, 0.25) is 5.91 Å². The Labute approximate surface area is 123 Å². The number of rotatable bonds is 4. The van der Waals surface area contributed by atoms with E-state index in [9.17, 15) is 4.79 Å². The summed E-state index contributed by atoms with van der Waals surface area (Å²) >= 11 is 5.82. The first-order valence-corrected chi connectivity index (χ1v) is 6.55. The van der Waals surface area contributed by atoms with Crippen molar-refractivity contribution in [3.8, 4) is 0 Å². The largest absolute Gasteiger partial charge is 0.397 e. The van der Waals surface area contributed by atoms with Gasteiger partial charge in [0.15, 0.2) is 0 Å². The maximum Gasteiger partial charge on any atom is 0.243 e. The van der Waals surface area contributed by atoms with Crippen molar-refractivity contribution in [1.82, 2.24) is 0 Å². The molecule has 5 heteroatoms. The van der Waals surface area contributed by atoms with Crippen LogP contribution >= 0.6 is 11.6 Å². The number of para-hydroxylation sites is 1. The number of nitrogen functional groups attached to an aromatic ring is 1. The van der Waals surface area contributed by atoms with Crippen molar-refractivity contribution < 1.29 is 4.79 Å². The van der Waals surface area contributed by atoms with Gasteiger partial charge in [-0.3, -0.25) is 4.79 Å². The number of nitrogens with two attached hydrogens (primary N) is 1. The number of likely N-dealkylation sites (N-methyl/N-ethyl adjacent to an activating group) is 1. The van der Waals surface area contributed by atoms with Gasteiger partial charge in [-0.2, -0.15) is 0 Å².